The third kappa shape index (κ3) is 5.70. The predicted molar refractivity (Wildman–Crippen MR) is 109 cm³/mol. The van der Waals surface area contributed by atoms with E-state index in [2.05, 4.69) is 6.92 Å². The molecule has 2 aliphatic rings. The van der Waals surface area contributed by atoms with Gasteiger partial charge in [-0.1, -0.05) is 64.9 Å². The van der Waals surface area contributed by atoms with Gasteiger partial charge in [0, 0.05) is 6.42 Å². The molecule has 3 nitrogen and oxygen atoms in total. The van der Waals surface area contributed by atoms with E-state index in [0.29, 0.717) is 24.8 Å². The van der Waals surface area contributed by atoms with Gasteiger partial charge in [-0.05, 0) is 36.3 Å². The zero-order valence-electron chi connectivity index (χ0n) is 18.0. The molecule has 1 unspecified atom stereocenters. The average Bonchev–Trinajstić information content (AvgIpc) is 2.70. The largest absolute Gasteiger partial charge is 0.458 e. The van der Waals surface area contributed by atoms with Gasteiger partial charge in [0.05, 0.1) is 6.42 Å². The fraction of sp³-hybridized carbons (Fsp3) is 0.708. The molecule has 1 aromatic carbocycles. The van der Waals surface area contributed by atoms with Crippen molar-refractivity contribution in [1.82, 2.24) is 0 Å². The van der Waals surface area contributed by atoms with Gasteiger partial charge >= 0.3 is 12.1 Å². The molecule has 168 valence electrons. The second-order valence-electron chi connectivity index (χ2n) is 8.89. The third-order valence-electron chi connectivity index (χ3n) is 6.50. The minimum Gasteiger partial charge on any atom is -0.458 e. The van der Waals surface area contributed by atoms with Crippen LogP contribution in [0, 0.1) is 17.7 Å². The number of ether oxygens (including phenoxy) is 2. The molecule has 3 rings (SSSR count). The third-order valence-corrected chi connectivity index (χ3v) is 6.50. The molecule has 1 aliphatic carbocycles. The number of alkyl halides is 2. The highest BCUT2D eigenvalue weighted by Crippen LogP contribution is 2.38. The van der Waals surface area contributed by atoms with E-state index < -0.39 is 30.1 Å². The zero-order chi connectivity index (χ0) is 21.7. The fourth-order valence-corrected chi connectivity index (χ4v) is 4.85. The molecule has 0 spiro atoms. The number of esters is 1. The van der Waals surface area contributed by atoms with Gasteiger partial charge in [-0.2, -0.15) is 8.78 Å². The maximum Gasteiger partial charge on any atom is 0.397 e. The van der Waals surface area contributed by atoms with Gasteiger partial charge in [-0.3, -0.25) is 0 Å². The summed E-state index contributed by atoms with van der Waals surface area (Å²) in [5.41, 5.74) is 0.214. The SMILES string of the molecule is CCCC1CCC(CCC(F)(F)Oc2ccc3c(c2F)C(=O)OC(CCC)C3)CC1. The van der Waals surface area contributed by atoms with Crippen LogP contribution in [-0.4, -0.2) is 18.2 Å². The molecular weight excluding hydrogens is 393 g/mol. The Hall–Kier alpha value is -1.72. The van der Waals surface area contributed by atoms with E-state index in [0.717, 1.165) is 38.0 Å². The first kappa shape index (κ1) is 23.0. The molecule has 1 aromatic rings. The van der Waals surface area contributed by atoms with Crippen molar-refractivity contribution < 1.29 is 27.4 Å². The molecule has 0 bridgehead atoms. The van der Waals surface area contributed by atoms with Crippen molar-refractivity contribution in [3.05, 3.63) is 29.1 Å². The summed E-state index contributed by atoms with van der Waals surface area (Å²) in [6, 6.07) is 2.71. The summed E-state index contributed by atoms with van der Waals surface area (Å²) in [5, 5.41) is 0. The van der Waals surface area contributed by atoms with Crippen LogP contribution in [0.5, 0.6) is 5.75 Å². The summed E-state index contributed by atoms with van der Waals surface area (Å²) in [4.78, 5) is 12.2. The lowest BCUT2D eigenvalue weighted by Gasteiger charge is -2.29. The summed E-state index contributed by atoms with van der Waals surface area (Å²) < 4.78 is 53.7. The van der Waals surface area contributed by atoms with Crippen LogP contribution in [0.2, 0.25) is 0 Å². The predicted octanol–water partition coefficient (Wildman–Crippen LogP) is 7.07. The number of hydrogen-bond donors (Lipinski definition) is 0. The Kier molecular flexibility index (Phi) is 7.70. The van der Waals surface area contributed by atoms with E-state index in [9.17, 15) is 18.0 Å². The highest BCUT2D eigenvalue weighted by Gasteiger charge is 2.36. The first-order chi connectivity index (χ1) is 14.3. The average molecular weight is 427 g/mol. The van der Waals surface area contributed by atoms with Crippen molar-refractivity contribution >= 4 is 5.97 Å². The second-order valence-corrected chi connectivity index (χ2v) is 8.89. The molecule has 0 aromatic heterocycles. The number of halogens is 3. The zero-order valence-corrected chi connectivity index (χ0v) is 18.0. The number of carbonyl (C=O) groups excluding carboxylic acids is 1. The Bertz CT molecular complexity index is 727. The van der Waals surface area contributed by atoms with Crippen molar-refractivity contribution in [2.24, 2.45) is 11.8 Å². The number of hydrogen-bond acceptors (Lipinski definition) is 3. The molecule has 0 saturated heterocycles. The van der Waals surface area contributed by atoms with E-state index >= 15 is 0 Å². The van der Waals surface area contributed by atoms with Gasteiger partial charge in [0.25, 0.3) is 0 Å². The summed E-state index contributed by atoms with van der Waals surface area (Å²) in [6.45, 7) is 4.15. The van der Waals surface area contributed by atoms with Gasteiger partial charge in [0.15, 0.2) is 11.6 Å². The van der Waals surface area contributed by atoms with Crippen LogP contribution in [0.3, 0.4) is 0 Å². The van der Waals surface area contributed by atoms with Gasteiger partial charge in [0.1, 0.15) is 11.7 Å². The summed E-state index contributed by atoms with van der Waals surface area (Å²) >= 11 is 0. The van der Waals surface area contributed by atoms with Crippen molar-refractivity contribution in [3.8, 4) is 5.75 Å². The lowest BCUT2D eigenvalue weighted by molar-refractivity contribution is -0.184. The molecule has 1 aliphatic heterocycles. The quantitative estimate of drug-likeness (QED) is 0.396. The molecule has 1 atom stereocenters. The van der Waals surface area contributed by atoms with Gasteiger partial charge in [-0.25, -0.2) is 9.18 Å². The summed E-state index contributed by atoms with van der Waals surface area (Å²) in [5.74, 6) is -1.44. The van der Waals surface area contributed by atoms with Crippen LogP contribution in [-0.2, 0) is 11.2 Å². The van der Waals surface area contributed by atoms with Crippen molar-refractivity contribution in [1.29, 1.82) is 0 Å². The molecule has 1 fully saturated rings. The Balaban J connectivity index is 1.59. The lowest BCUT2D eigenvalue weighted by atomic mass is 9.78. The van der Waals surface area contributed by atoms with E-state index in [1.54, 1.807) is 0 Å². The molecular formula is C24H33F3O3. The molecule has 1 saturated carbocycles. The van der Waals surface area contributed by atoms with Crippen molar-refractivity contribution in [3.63, 3.8) is 0 Å². The summed E-state index contributed by atoms with van der Waals surface area (Å²) in [6.07, 6.45) is 4.58. The highest BCUT2D eigenvalue weighted by atomic mass is 19.3. The fourth-order valence-electron chi connectivity index (χ4n) is 4.85. The van der Waals surface area contributed by atoms with E-state index in [1.807, 2.05) is 6.92 Å². The van der Waals surface area contributed by atoms with Gasteiger partial charge in [0.2, 0.25) is 0 Å². The molecule has 0 N–H and O–H groups in total. The van der Waals surface area contributed by atoms with Crippen LogP contribution in [0.4, 0.5) is 13.2 Å². The molecule has 0 radical (unpaired) electrons. The Morgan fingerprint density at radius 2 is 1.67 bits per heavy atom. The molecule has 1 heterocycles. The second kappa shape index (κ2) is 10.1. The highest BCUT2D eigenvalue weighted by molar-refractivity contribution is 5.93. The van der Waals surface area contributed by atoms with Crippen molar-refractivity contribution in [2.45, 2.75) is 96.7 Å². The standard InChI is InChI=1S/C24H33F3O3/c1-3-5-16-7-9-17(10-8-16)13-14-24(26,27)30-20-12-11-18-15-19(6-4-2)29-23(28)21(18)22(20)25/h11-12,16-17,19H,3-10,13-15H2,1-2H3. The molecule has 6 heteroatoms. The van der Waals surface area contributed by atoms with Gasteiger partial charge in [-0.15, -0.1) is 0 Å². The van der Waals surface area contributed by atoms with E-state index in [4.69, 9.17) is 9.47 Å². The van der Waals surface area contributed by atoms with Crippen LogP contribution in [0.1, 0.15) is 94.0 Å². The number of fused-ring (bicyclic) bond motifs is 1. The maximum atomic E-state index is 14.8. The maximum absolute atomic E-state index is 14.8. The van der Waals surface area contributed by atoms with E-state index in [-0.39, 0.29) is 17.6 Å². The van der Waals surface area contributed by atoms with Crippen LogP contribution < -0.4 is 4.74 Å². The smallest absolute Gasteiger partial charge is 0.397 e. The van der Waals surface area contributed by atoms with Crippen LogP contribution in [0.15, 0.2) is 12.1 Å². The number of carbonyl (C=O) groups is 1. The number of rotatable bonds is 9. The first-order valence-electron chi connectivity index (χ1n) is 11.4. The minimum atomic E-state index is -3.47. The van der Waals surface area contributed by atoms with E-state index in [1.165, 1.54) is 25.0 Å². The monoisotopic (exact) mass is 426 g/mol. The van der Waals surface area contributed by atoms with Crippen LogP contribution in [0.25, 0.3) is 0 Å². The summed E-state index contributed by atoms with van der Waals surface area (Å²) in [7, 11) is 0. The topological polar surface area (TPSA) is 35.5 Å². The Morgan fingerprint density at radius 3 is 2.30 bits per heavy atom. The van der Waals surface area contributed by atoms with Crippen molar-refractivity contribution in [2.75, 3.05) is 0 Å². The molecule has 0 amide bonds. The molecule has 30 heavy (non-hydrogen) atoms. The number of cyclic esters (lactones) is 1. The Morgan fingerprint density at radius 1 is 1.03 bits per heavy atom. The van der Waals surface area contributed by atoms with Gasteiger partial charge < -0.3 is 9.47 Å². The first-order valence-corrected chi connectivity index (χ1v) is 11.4. The Labute approximate surface area is 177 Å². The number of benzene rings is 1. The normalized spacial score (nSPS) is 24.3. The van der Waals surface area contributed by atoms with Crippen LogP contribution >= 0.6 is 0 Å². The lowest BCUT2D eigenvalue weighted by Crippen LogP contribution is -2.30. The minimum absolute atomic E-state index is 0.270.